The fourth-order valence-corrected chi connectivity index (χ4v) is 1.41. The predicted molar refractivity (Wildman–Crippen MR) is 70.2 cm³/mol. The van der Waals surface area contributed by atoms with E-state index in [1.807, 2.05) is 20.8 Å². The first-order valence-corrected chi connectivity index (χ1v) is 6.11. The standard InChI is InChI=1S/C13H18F3N3O/c1-8(11(20)19-12(2,3)4)18-10-6-5-9(7-17-10)13(14,15)16/h5-8H,1-4H3,(H,17,18)(H,19,20). The number of pyridine rings is 1. The van der Waals surface area contributed by atoms with Crippen molar-refractivity contribution in [3.8, 4) is 0 Å². The third kappa shape index (κ3) is 5.07. The van der Waals surface area contributed by atoms with Crippen molar-refractivity contribution in [2.45, 2.75) is 45.5 Å². The smallest absolute Gasteiger partial charge is 0.359 e. The molecule has 1 amide bonds. The second kappa shape index (κ2) is 5.68. The van der Waals surface area contributed by atoms with Crippen molar-refractivity contribution >= 4 is 11.7 Å². The summed E-state index contributed by atoms with van der Waals surface area (Å²) >= 11 is 0. The highest BCUT2D eigenvalue weighted by molar-refractivity contribution is 5.84. The minimum atomic E-state index is -4.42. The summed E-state index contributed by atoms with van der Waals surface area (Å²) in [4.78, 5) is 15.5. The number of nitrogens with zero attached hydrogens (tertiary/aromatic N) is 1. The Balaban J connectivity index is 2.67. The number of aromatic nitrogens is 1. The summed E-state index contributed by atoms with van der Waals surface area (Å²) in [7, 11) is 0. The number of amides is 1. The molecule has 7 heteroatoms. The maximum atomic E-state index is 12.4. The first-order valence-electron chi connectivity index (χ1n) is 6.11. The Morgan fingerprint density at radius 3 is 2.25 bits per heavy atom. The van der Waals surface area contributed by atoms with E-state index in [0.29, 0.717) is 0 Å². The lowest BCUT2D eigenvalue weighted by Gasteiger charge is -2.24. The first-order chi connectivity index (χ1) is 8.99. The van der Waals surface area contributed by atoms with Gasteiger partial charge in [-0.2, -0.15) is 13.2 Å². The predicted octanol–water partition coefficient (Wildman–Crippen LogP) is 2.82. The maximum absolute atomic E-state index is 12.4. The molecule has 1 aromatic heterocycles. The van der Waals surface area contributed by atoms with Gasteiger partial charge >= 0.3 is 6.18 Å². The number of hydrogen-bond acceptors (Lipinski definition) is 3. The summed E-state index contributed by atoms with van der Waals surface area (Å²) in [6.07, 6.45) is -3.68. The Kier molecular flexibility index (Phi) is 4.62. The molecule has 0 saturated heterocycles. The minimum Gasteiger partial charge on any atom is -0.359 e. The molecule has 112 valence electrons. The molecular weight excluding hydrogens is 271 g/mol. The molecule has 0 bridgehead atoms. The van der Waals surface area contributed by atoms with Gasteiger partial charge in [-0.3, -0.25) is 4.79 Å². The summed E-state index contributed by atoms with van der Waals surface area (Å²) in [6, 6.07) is 1.52. The number of hydrogen-bond donors (Lipinski definition) is 2. The normalized spacial score (nSPS) is 13.8. The Bertz CT molecular complexity index is 463. The fraction of sp³-hybridized carbons (Fsp3) is 0.538. The van der Waals surface area contributed by atoms with Gasteiger partial charge in [-0.05, 0) is 39.8 Å². The number of alkyl halides is 3. The van der Waals surface area contributed by atoms with E-state index in [1.54, 1.807) is 6.92 Å². The second-order valence-corrected chi connectivity index (χ2v) is 5.54. The Morgan fingerprint density at radius 1 is 1.25 bits per heavy atom. The lowest BCUT2D eigenvalue weighted by Crippen LogP contribution is -2.47. The molecule has 1 heterocycles. The van der Waals surface area contributed by atoms with Crippen LogP contribution in [0.3, 0.4) is 0 Å². The molecule has 0 aliphatic carbocycles. The highest BCUT2D eigenvalue weighted by Crippen LogP contribution is 2.28. The van der Waals surface area contributed by atoms with Crippen LogP contribution in [0, 0.1) is 0 Å². The van der Waals surface area contributed by atoms with Crippen LogP contribution in [0.25, 0.3) is 0 Å². The average Bonchev–Trinajstić information content (AvgIpc) is 2.26. The van der Waals surface area contributed by atoms with Gasteiger partial charge in [0.15, 0.2) is 0 Å². The van der Waals surface area contributed by atoms with Crippen LogP contribution < -0.4 is 10.6 Å². The van der Waals surface area contributed by atoms with Gasteiger partial charge < -0.3 is 10.6 Å². The van der Waals surface area contributed by atoms with Crippen LogP contribution in [0.1, 0.15) is 33.3 Å². The molecule has 4 nitrogen and oxygen atoms in total. The number of anilines is 1. The zero-order chi connectivity index (χ0) is 15.6. The van der Waals surface area contributed by atoms with Crippen molar-refractivity contribution in [3.63, 3.8) is 0 Å². The summed E-state index contributed by atoms with van der Waals surface area (Å²) < 4.78 is 37.1. The molecule has 1 aromatic rings. The van der Waals surface area contributed by atoms with Gasteiger partial charge in [-0.25, -0.2) is 4.98 Å². The zero-order valence-corrected chi connectivity index (χ0v) is 11.8. The van der Waals surface area contributed by atoms with Crippen molar-refractivity contribution in [1.29, 1.82) is 0 Å². The van der Waals surface area contributed by atoms with Crippen LogP contribution in [0.2, 0.25) is 0 Å². The molecule has 2 N–H and O–H groups in total. The molecule has 0 fully saturated rings. The average molecular weight is 289 g/mol. The largest absolute Gasteiger partial charge is 0.417 e. The molecule has 1 rings (SSSR count). The molecule has 20 heavy (non-hydrogen) atoms. The molecule has 0 aliphatic rings. The van der Waals surface area contributed by atoms with Crippen LogP contribution in [0.4, 0.5) is 19.0 Å². The van der Waals surface area contributed by atoms with Crippen LogP contribution >= 0.6 is 0 Å². The van der Waals surface area contributed by atoms with E-state index in [0.717, 1.165) is 12.3 Å². The van der Waals surface area contributed by atoms with Crippen LogP contribution in [0.5, 0.6) is 0 Å². The Hall–Kier alpha value is -1.79. The topological polar surface area (TPSA) is 54.0 Å². The third-order valence-corrected chi connectivity index (χ3v) is 2.35. The van der Waals surface area contributed by atoms with Gasteiger partial charge in [0, 0.05) is 11.7 Å². The molecule has 0 radical (unpaired) electrons. The van der Waals surface area contributed by atoms with E-state index < -0.39 is 17.8 Å². The minimum absolute atomic E-state index is 0.217. The number of carbonyl (C=O) groups is 1. The number of carbonyl (C=O) groups excluding carboxylic acids is 1. The van der Waals surface area contributed by atoms with E-state index in [1.165, 1.54) is 6.07 Å². The van der Waals surface area contributed by atoms with Gasteiger partial charge in [-0.15, -0.1) is 0 Å². The molecule has 0 spiro atoms. The highest BCUT2D eigenvalue weighted by Gasteiger charge is 2.30. The number of rotatable bonds is 3. The molecular formula is C13H18F3N3O. The van der Waals surface area contributed by atoms with Crippen LogP contribution in [0.15, 0.2) is 18.3 Å². The van der Waals surface area contributed by atoms with Gasteiger partial charge in [-0.1, -0.05) is 0 Å². The lowest BCUT2D eigenvalue weighted by molar-refractivity contribution is -0.137. The zero-order valence-electron chi connectivity index (χ0n) is 11.8. The van der Waals surface area contributed by atoms with Crippen molar-refractivity contribution < 1.29 is 18.0 Å². The lowest BCUT2D eigenvalue weighted by atomic mass is 10.1. The first kappa shape index (κ1) is 16.3. The van der Waals surface area contributed by atoms with E-state index in [-0.39, 0.29) is 17.3 Å². The van der Waals surface area contributed by atoms with Crippen molar-refractivity contribution in [2.24, 2.45) is 0 Å². The summed E-state index contributed by atoms with van der Waals surface area (Å²) in [6.45, 7) is 7.14. The van der Waals surface area contributed by atoms with Crippen molar-refractivity contribution in [2.75, 3.05) is 5.32 Å². The number of nitrogens with one attached hydrogen (secondary N) is 2. The molecule has 0 aromatic carbocycles. The summed E-state index contributed by atoms with van der Waals surface area (Å²) in [5.41, 5.74) is -1.20. The third-order valence-electron chi connectivity index (χ3n) is 2.35. The Labute approximate surface area is 115 Å². The van der Waals surface area contributed by atoms with Crippen LogP contribution in [-0.2, 0) is 11.0 Å². The van der Waals surface area contributed by atoms with Crippen LogP contribution in [-0.4, -0.2) is 22.5 Å². The monoisotopic (exact) mass is 289 g/mol. The molecule has 1 atom stereocenters. The van der Waals surface area contributed by atoms with E-state index in [4.69, 9.17) is 0 Å². The van der Waals surface area contributed by atoms with Gasteiger partial charge in [0.2, 0.25) is 5.91 Å². The summed E-state index contributed by atoms with van der Waals surface area (Å²) in [5.74, 6) is -0.0336. The Morgan fingerprint density at radius 2 is 1.85 bits per heavy atom. The van der Waals surface area contributed by atoms with Gasteiger partial charge in [0.05, 0.1) is 5.56 Å². The summed E-state index contributed by atoms with van der Waals surface area (Å²) in [5, 5.41) is 5.52. The maximum Gasteiger partial charge on any atom is 0.417 e. The second-order valence-electron chi connectivity index (χ2n) is 5.54. The quantitative estimate of drug-likeness (QED) is 0.899. The highest BCUT2D eigenvalue weighted by atomic mass is 19.4. The van der Waals surface area contributed by atoms with Crippen molar-refractivity contribution in [3.05, 3.63) is 23.9 Å². The van der Waals surface area contributed by atoms with Gasteiger partial charge in [0.1, 0.15) is 11.9 Å². The van der Waals surface area contributed by atoms with Crippen molar-refractivity contribution in [1.82, 2.24) is 10.3 Å². The van der Waals surface area contributed by atoms with E-state index in [2.05, 4.69) is 15.6 Å². The molecule has 0 saturated carbocycles. The van der Waals surface area contributed by atoms with E-state index >= 15 is 0 Å². The van der Waals surface area contributed by atoms with Gasteiger partial charge in [0.25, 0.3) is 0 Å². The SMILES string of the molecule is CC(Nc1ccc(C(F)(F)F)cn1)C(=O)NC(C)(C)C. The molecule has 0 aliphatic heterocycles. The van der Waals surface area contributed by atoms with E-state index in [9.17, 15) is 18.0 Å². The molecule has 1 unspecified atom stereocenters. The number of halogens is 3. The fourth-order valence-electron chi connectivity index (χ4n) is 1.41.